The average molecular weight is 202 g/mol. The van der Waals surface area contributed by atoms with Crippen molar-refractivity contribution >= 4 is 5.97 Å². The zero-order valence-electron chi connectivity index (χ0n) is 8.32. The van der Waals surface area contributed by atoms with Crippen LogP contribution in [0.15, 0.2) is 0 Å². The smallest absolute Gasteiger partial charge is 0.303 e. The SMILES string of the molecule is O=C(O)CC1CCC(CCOO)CC1. The molecule has 4 heteroatoms. The molecule has 0 spiro atoms. The maximum atomic E-state index is 10.5. The molecule has 1 fully saturated rings. The Morgan fingerprint density at radius 3 is 2.29 bits per heavy atom. The summed E-state index contributed by atoms with van der Waals surface area (Å²) in [6.07, 6.45) is 5.34. The number of hydrogen-bond acceptors (Lipinski definition) is 3. The predicted molar refractivity (Wildman–Crippen MR) is 50.9 cm³/mol. The van der Waals surface area contributed by atoms with E-state index in [9.17, 15) is 4.79 Å². The molecular weight excluding hydrogens is 184 g/mol. The minimum absolute atomic E-state index is 0.309. The van der Waals surface area contributed by atoms with Crippen LogP contribution >= 0.6 is 0 Å². The Kier molecular flexibility index (Phi) is 4.90. The van der Waals surface area contributed by atoms with Crippen LogP contribution in [-0.2, 0) is 9.68 Å². The number of hydrogen-bond donors (Lipinski definition) is 2. The zero-order chi connectivity index (χ0) is 10.4. The molecule has 2 N–H and O–H groups in total. The number of carboxylic acid groups (broad SMARTS) is 1. The van der Waals surface area contributed by atoms with Crippen LogP contribution in [0.25, 0.3) is 0 Å². The molecule has 0 heterocycles. The highest BCUT2D eigenvalue weighted by Crippen LogP contribution is 2.32. The third kappa shape index (κ3) is 4.07. The van der Waals surface area contributed by atoms with Crippen LogP contribution in [0.3, 0.4) is 0 Å². The van der Waals surface area contributed by atoms with Crippen LogP contribution in [-0.4, -0.2) is 22.9 Å². The average Bonchev–Trinajstić information content (AvgIpc) is 2.16. The largest absolute Gasteiger partial charge is 0.481 e. The first-order chi connectivity index (χ1) is 6.72. The minimum atomic E-state index is -0.688. The summed E-state index contributed by atoms with van der Waals surface area (Å²) in [5.41, 5.74) is 0. The summed E-state index contributed by atoms with van der Waals surface area (Å²) in [6, 6.07) is 0. The second-order valence-electron chi connectivity index (χ2n) is 4.11. The van der Waals surface area contributed by atoms with Crippen molar-refractivity contribution in [1.82, 2.24) is 0 Å². The molecule has 0 aromatic rings. The van der Waals surface area contributed by atoms with Gasteiger partial charge in [0.15, 0.2) is 0 Å². The topological polar surface area (TPSA) is 66.8 Å². The number of carboxylic acids is 1. The maximum Gasteiger partial charge on any atom is 0.303 e. The molecule has 0 aliphatic heterocycles. The third-order valence-electron chi connectivity index (χ3n) is 3.05. The fourth-order valence-electron chi connectivity index (χ4n) is 2.19. The lowest BCUT2D eigenvalue weighted by molar-refractivity contribution is -0.244. The second-order valence-corrected chi connectivity index (χ2v) is 4.11. The van der Waals surface area contributed by atoms with E-state index in [4.69, 9.17) is 10.4 Å². The lowest BCUT2D eigenvalue weighted by Crippen LogP contribution is -2.18. The van der Waals surface area contributed by atoms with E-state index in [-0.39, 0.29) is 0 Å². The van der Waals surface area contributed by atoms with Gasteiger partial charge in [0, 0.05) is 6.42 Å². The summed E-state index contributed by atoms with van der Waals surface area (Å²) in [7, 11) is 0. The lowest BCUT2D eigenvalue weighted by Gasteiger charge is -2.27. The van der Waals surface area contributed by atoms with Crippen molar-refractivity contribution < 1.29 is 20.0 Å². The molecule has 4 nitrogen and oxygen atoms in total. The van der Waals surface area contributed by atoms with Gasteiger partial charge in [-0.05, 0) is 31.1 Å². The Labute approximate surface area is 83.8 Å². The lowest BCUT2D eigenvalue weighted by atomic mass is 9.79. The van der Waals surface area contributed by atoms with Crippen LogP contribution in [0.1, 0.15) is 38.5 Å². The molecule has 1 aliphatic rings. The first-order valence-corrected chi connectivity index (χ1v) is 5.20. The van der Waals surface area contributed by atoms with Gasteiger partial charge in [-0.15, -0.1) is 0 Å². The number of rotatable bonds is 5. The van der Waals surface area contributed by atoms with E-state index in [1.165, 1.54) is 0 Å². The Morgan fingerprint density at radius 1 is 1.21 bits per heavy atom. The van der Waals surface area contributed by atoms with E-state index in [1.807, 2.05) is 0 Å². The first kappa shape index (κ1) is 11.5. The van der Waals surface area contributed by atoms with E-state index in [0.29, 0.717) is 24.9 Å². The molecule has 1 aliphatic carbocycles. The van der Waals surface area contributed by atoms with Gasteiger partial charge >= 0.3 is 5.97 Å². The fourth-order valence-corrected chi connectivity index (χ4v) is 2.19. The predicted octanol–water partition coefficient (Wildman–Crippen LogP) is 2.15. The minimum Gasteiger partial charge on any atom is -0.481 e. The molecule has 14 heavy (non-hydrogen) atoms. The summed E-state index contributed by atoms with van der Waals surface area (Å²) in [4.78, 5) is 14.5. The standard InChI is InChI=1S/C10H18O4/c11-10(12)7-9-3-1-8(2-4-9)5-6-14-13/h8-9,13H,1-7H2,(H,11,12). The molecule has 0 aromatic carbocycles. The Hall–Kier alpha value is -0.610. The van der Waals surface area contributed by atoms with Crippen molar-refractivity contribution in [2.45, 2.75) is 38.5 Å². The summed E-state index contributed by atoms with van der Waals surface area (Å²) < 4.78 is 0. The van der Waals surface area contributed by atoms with E-state index in [1.54, 1.807) is 0 Å². The summed E-state index contributed by atoms with van der Waals surface area (Å²) in [5, 5.41) is 16.8. The Morgan fingerprint density at radius 2 is 1.79 bits per heavy atom. The Balaban J connectivity index is 2.14. The summed E-state index contributed by atoms with van der Waals surface area (Å²) >= 11 is 0. The van der Waals surface area contributed by atoms with E-state index in [0.717, 1.165) is 32.1 Å². The normalized spacial score (nSPS) is 27.5. The molecule has 0 amide bonds. The highest BCUT2D eigenvalue weighted by Gasteiger charge is 2.22. The first-order valence-electron chi connectivity index (χ1n) is 5.20. The zero-order valence-corrected chi connectivity index (χ0v) is 8.32. The van der Waals surface area contributed by atoms with Crippen LogP contribution in [0.4, 0.5) is 0 Å². The summed E-state index contributed by atoms with van der Waals surface area (Å²) in [6.45, 7) is 0.397. The van der Waals surface area contributed by atoms with Crippen LogP contribution in [0.5, 0.6) is 0 Å². The molecule has 0 bridgehead atoms. The van der Waals surface area contributed by atoms with Gasteiger partial charge in [0.05, 0.1) is 6.61 Å². The highest BCUT2D eigenvalue weighted by atomic mass is 17.1. The van der Waals surface area contributed by atoms with E-state index >= 15 is 0 Å². The van der Waals surface area contributed by atoms with Crippen molar-refractivity contribution in [3.8, 4) is 0 Å². The van der Waals surface area contributed by atoms with Crippen LogP contribution in [0, 0.1) is 11.8 Å². The third-order valence-corrected chi connectivity index (χ3v) is 3.05. The van der Waals surface area contributed by atoms with Crippen molar-refractivity contribution in [1.29, 1.82) is 0 Å². The number of carbonyl (C=O) groups is 1. The van der Waals surface area contributed by atoms with Crippen molar-refractivity contribution in [3.63, 3.8) is 0 Å². The van der Waals surface area contributed by atoms with Crippen molar-refractivity contribution in [2.24, 2.45) is 11.8 Å². The van der Waals surface area contributed by atoms with Gasteiger partial charge in [0.1, 0.15) is 0 Å². The molecule has 1 rings (SSSR count). The van der Waals surface area contributed by atoms with Crippen LogP contribution < -0.4 is 0 Å². The molecule has 0 atom stereocenters. The molecule has 1 saturated carbocycles. The molecule has 0 unspecified atom stereocenters. The van der Waals surface area contributed by atoms with E-state index < -0.39 is 5.97 Å². The molecule has 0 saturated heterocycles. The van der Waals surface area contributed by atoms with Crippen molar-refractivity contribution in [3.05, 3.63) is 0 Å². The molecular formula is C10H18O4. The highest BCUT2D eigenvalue weighted by molar-refractivity contribution is 5.67. The fraction of sp³-hybridized carbons (Fsp3) is 0.900. The molecule has 0 radical (unpaired) electrons. The van der Waals surface area contributed by atoms with Gasteiger partial charge in [-0.3, -0.25) is 10.1 Å². The van der Waals surface area contributed by atoms with Gasteiger partial charge < -0.3 is 5.11 Å². The number of aliphatic carboxylic acids is 1. The monoisotopic (exact) mass is 202 g/mol. The van der Waals surface area contributed by atoms with Gasteiger partial charge in [-0.1, -0.05) is 12.8 Å². The second kappa shape index (κ2) is 5.98. The molecule has 0 aromatic heterocycles. The van der Waals surface area contributed by atoms with Crippen LogP contribution in [0.2, 0.25) is 0 Å². The molecule has 82 valence electrons. The van der Waals surface area contributed by atoms with Gasteiger partial charge in [-0.2, -0.15) is 0 Å². The van der Waals surface area contributed by atoms with Crippen molar-refractivity contribution in [2.75, 3.05) is 6.61 Å². The summed E-state index contributed by atoms with van der Waals surface area (Å²) in [5.74, 6) is 0.276. The Bertz CT molecular complexity index is 173. The van der Waals surface area contributed by atoms with Gasteiger partial charge in [0.25, 0.3) is 0 Å². The van der Waals surface area contributed by atoms with Gasteiger partial charge in [0.2, 0.25) is 0 Å². The van der Waals surface area contributed by atoms with Gasteiger partial charge in [-0.25, -0.2) is 4.89 Å². The maximum absolute atomic E-state index is 10.5. The van der Waals surface area contributed by atoms with E-state index in [2.05, 4.69) is 4.89 Å². The quantitative estimate of drug-likeness (QED) is 0.529.